The first-order valence-electron chi connectivity index (χ1n) is 9.60. The molecule has 0 bridgehead atoms. The maximum atomic E-state index is 11.0. The molecule has 1 fully saturated rings. The van der Waals surface area contributed by atoms with Crippen LogP contribution in [0.2, 0.25) is 0 Å². The summed E-state index contributed by atoms with van der Waals surface area (Å²) in [4.78, 5) is 16.7. The Morgan fingerprint density at radius 2 is 1.62 bits per heavy atom. The van der Waals surface area contributed by atoms with Gasteiger partial charge in [0, 0.05) is 37.7 Å². The number of carbonyl (C=O) groups is 1. The van der Waals surface area contributed by atoms with Crippen molar-refractivity contribution in [2.75, 3.05) is 13.1 Å². The van der Waals surface area contributed by atoms with Gasteiger partial charge < -0.3 is 19.5 Å². The van der Waals surface area contributed by atoms with Crippen molar-refractivity contribution in [2.45, 2.75) is 18.9 Å². The number of hydrogen-bond acceptors (Lipinski definition) is 4. The summed E-state index contributed by atoms with van der Waals surface area (Å²) >= 11 is 0. The van der Waals surface area contributed by atoms with E-state index in [1.807, 2.05) is 60.7 Å². The lowest BCUT2D eigenvalue weighted by Gasteiger charge is -2.30. The van der Waals surface area contributed by atoms with E-state index in [0.29, 0.717) is 31.7 Å². The van der Waals surface area contributed by atoms with E-state index >= 15 is 0 Å². The van der Waals surface area contributed by atoms with Gasteiger partial charge in [0.1, 0.15) is 23.4 Å². The number of likely N-dealkylation sites (tertiary alicyclic amines) is 1. The fraction of sp³-hybridized carbons (Fsp3) is 0.217. The molecule has 1 N–H and O–H groups in total. The van der Waals surface area contributed by atoms with Crippen LogP contribution in [0.3, 0.4) is 0 Å². The Kier molecular flexibility index (Phi) is 5.61. The Balaban J connectivity index is 1.39. The molecule has 2 aromatic carbocycles. The molecule has 0 saturated carbocycles. The second-order valence-corrected chi connectivity index (χ2v) is 6.94. The van der Waals surface area contributed by atoms with E-state index in [1.54, 1.807) is 12.4 Å². The summed E-state index contributed by atoms with van der Waals surface area (Å²) in [6.07, 6.45) is 4.08. The van der Waals surface area contributed by atoms with E-state index in [1.165, 1.54) is 4.90 Å². The molecule has 6 heteroatoms. The Bertz CT molecular complexity index is 952. The number of hydrogen-bond donors (Lipinski definition) is 1. The van der Waals surface area contributed by atoms with Crippen molar-refractivity contribution < 1.29 is 19.4 Å². The van der Waals surface area contributed by atoms with E-state index in [-0.39, 0.29) is 6.10 Å². The van der Waals surface area contributed by atoms with Crippen LogP contribution in [0.25, 0.3) is 11.1 Å². The van der Waals surface area contributed by atoms with Crippen molar-refractivity contribution in [1.29, 1.82) is 0 Å². The minimum Gasteiger partial charge on any atom is -0.490 e. The maximum Gasteiger partial charge on any atom is 0.407 e. The van der Waals surface area contributed by atoms with E-state index in [0.717, 1.165) is 22.6 Å². The molecule has 2 heterocycles. The monoisotopic (exact) mass is 390 g/mol. The number of rotatable bonds is 5. The summed E-state index contributed by atoms with van der Waals surface area (Å²) in [5.74, 6) is 2.23. The third-order valence-electron chi connectivity index (χ3n) is 4.89. The highest BCUT2D eigenvalue weighted by Crippen LogP contribution is 2.28. The van der Waals surface area contributed by atoms with Gasteiger partial charge in [0.05, 0.1) is 6.20 Å². The molecule has 0 atom stereocenters. The fourth-order valence-corrected chi connectivity index (χ4v) is 3.34. The summed E-state index contributed by atoms with van der Waals surface area (Å²) in [6.45, 7) is 1.02. The lowest BCUT2D eigenvalue weighted by molar-refractivity contribution is 0.0895. The van der Waals surface area contributed by atoms with E-state index in [2.05, 4.69) is 4.98 Å². The fourth-order valence-electron chi connectivity index (χ4n) is 3.34. The molecule has 6 nitrogen and oxygen atoms in total. The molecule has 1 amide bonds. The van der Waals surface area contributed by atoms with Gasteiger partial charge in [-0.05, 0) is 35.9 Å². The molecule has 148 valence electrons. The number of amides is 1. The molecule has 4 rings (SSSR count). The minimum absolute atomic E-state index is 0.0423. The molecule has 0 unspecified atom stereocenters. The smallest absolute Gasteiger partial charge is 0.407 e. The average Bonchev–Trinajstić information content (AvgIpc) is 2.76. The minimum atomic E-state index is -0.861. The number of pyridine rings is 1. The number of benzene rings is 2. The van der Waals surface area contributed by atoms with Gasteiger partial charge in [-0.3, -0.25) is 4.98 Å². The predicted octanol–water partition coefficient (Wildman–Crippen LogP) is 5.06. The molecule has 29 heavy (non-hydrogen) atoms. The van der Waals surface area contributed by atoms with Crippen molar-refractivity contribution in [3.05, 3.63) is 73.1 Å². The average molecular weight is 390 g/mol. The summed E-state index contributed by atoms with van der Waals surface area (Å²) in [6, 6.07) is 19.4. The highest BCUT2D eigenvalue weighted by Gasteiger charge is 2.23. The van der Waals surface area contributed by atoms with Crippen LogP contribution in [-0.4, -0.2) is 40.3 Å². The first kappa shape index (κ1) is 18.8. The van der Waals surface area contributed by atoms with Gasteiger partial charge in [0.15, 0.2) is 0 Å². The first-order chi connectivity index (χ1) is 14.2. The quantitative estimate of drug-likeness (QED) is 0.659. The van der Waals surface area contributed by atoms with Crippen molar-refractivity contribution in [2.24, 2.45) is 0 Å². The van der Waals surface area contributed by atoms with Crippen molar-refractivity contribution in [1.82, 2.24) is 9.88 Å². The van der Waals surface area contributed by atoms with Crippen LogP contribution in [0.1, 0.15) is 12.8 Å². The molecule has 0 aliphatic carbocycles. The van der Waals surface area contributed by atoms with Gasteiger partial charge >= 0.3 is 6.09 Å². The van der Waals surface area contributed by atoms with Crippen molar-refractivity contribution >= 4 is 6.09 Å². The Hall–Kier alpha value is -3.54. The van der Waals surface area contributed by atoms with Crippen molar-refractivity contribution in [3.63, 3.8) is 0 Å². The van der Waals surface area contributed by atoms with Gasteiger partial charge in [0.25, 0.3) is 0 Å². The third-order valence-corrected chi connectivity index (χ3v) is 4.89. The number of aromatic nitrogens is 1. The Labute approximate surface area is 169 Å². The van der Waals surface area contributed by atoms with Crippen LogP contribution in [0.15, 0.2) is 73.1 Å². The van der Waals surface area contributed by atoms with Crippen LogP contribution < -0.4 is 9.47 Å². The van der Waals surface area contributed by atoms with Crippen LogP contribution in [0, 0.1) is 0 Å². The molecule has 0 radical (unpaired) electrons. The summed E-state index contributed by atoms with van der Waals surface area (Å²) in [5, 5.41) is 9.03. The van der Waals surface area contributed by atoms with Gasteiger partial charge in [-0.25, -0.2) is 4.79 Å². The topological polar surface area (TPSA) is 71.9 Å². The largest absolute Gasteiger partial charge is 0.490 e. The SMILES string of the molecule is O=C(O)N1CCC(Oc2ccc(-c3cncc(Oc4ccccc4)c3)cc2)CC1. The highest BCUT2D eigenvalue weighted by molar-refractivity contribution is 5.65. The zero-order valence-corrected chi connectivity index (χ0v) is 15.9. The third kappa shape index (κ3) is 4.85. The normalized spacial score (nSPS) is 14.4. The molecular weight excluding hydrogens is 368 g/mol. The lowest BCUT2D eigenvalue weighted by Crippen LogP contribution is -2.41. The zero-order chi connectivity index (χ0) is 20.1. The lowest BCUT2D eigenvalue weighted by atomic mass is 10.1. The van der Waals surface area contributed by atoms with Crippen molar-refractivity contribution in [3.8, 4) is 28.4 Å². The maximum absolute atomic E-state index is 11.0. The number of para-hydroxylation sites is 1. The standard InChI is InChI=1S/C23H22N2O4/c26-23(27)25-12-10-21(11-13-25)28-20-8-6-17(7-9-20)18-14-22(16-24-15-18)29-19-4-2-1-3-5-19/h1-9,14-16,21H,10-13H2,(H,26,27). The molecule has 1 aliphatic rings. The summed E-state index contributed by atoms with van der Waals surface area (Å²) in [5.41, 5.74) is 1.98. The number of ether oxygens (including phenoxy) is 2. The second-order valence-electron chi connectivity index (χ2n) is 6.94. The van der Waals surface area contributed by atoms with E-state index in [4.69, 9.17) is 14.6 Å². The molecule has 1 aromatic heterocycles. The van der Waals surface area contributed by atoms with Gasteiger partial charge in [0.2, 0.25) is 0 Å². The predicted molar refractivity (Wildman–Crippen MR) is 109 cm³/mol. The van der Waals surface area contributed by atoms with Crippen LogP contribution in [-0.2, 0) is 0 Å². The number of carboxylic acid groups (broad SMARTS) is 1. The number of nitrogens with zero attached hydrogens (tertiary/aromatic N) is 2. The second kappa shape index (κ2) is 8.65. The van der Waals surface area contributed by atoms with Gasteiger partial charge in [-0.1, -0.05) is 30.3 Å². The van der Waals surface area contributed by atoms with Gasteiger partial charge in [-0.2, -0.15) is 0 Å². The van der Waals surface area contributed by atoms with Crippen LogP contribution >= 0.6 is 0 Å². The van der Waals surface area contributed by atoms with Crippen LogP contribution in [0.5, 0.6) is 17.2 Å². The Morgan fingerprint density at radius 1 is 0.897 bits per heavy atom. The number of piperidine rings is 1. The summed E-state index contributed by atoms with van der Waals surface area (Å²) in [7, 11) is 0. The van der Waals surface area contributed by atoms with E-state index in [9.17, 15) is 4.79 Å². The van der Waals surface area contributed by atoms with Gasteiger partial charge in [-0.15, -0.1) is 0 Å². The molecule has 1 saturated heterocycles. The molecule has 1 aliphatic heterocycles. The first-order valence-corrected chi connectivity index (χ1v) is 9.60. The van der Waals surface area contributed by atoms with Crippen LogP contribution in [0.4, 0.5) is 4.79 Å². The molecule has 3 aromatic rings. The molecular formula is C23H22N2O4. The zero-order valence-electron chi connectivity index (χ0n) is 15.9. The molecule has 0 spiro atoms. The summed E-state index contributed by atoms with van der Waals surface area (Å²) < 4.78 is 11.9. The Morgan fingerprint density at radius 3 is 2.31 bits per heavy atom. The van der Waals surface area contributed by atoms with E-state index < -0.39 is 6.09 Å². The highest BCUT2D eigenvalue weighted by atomic mass is 16.5.